The Morgan fingerprint density at radius 1 is 0.0930 bits per heavy atom. The SMILES string of the molecule is C.C.C.C.C.C.C.C.C.C.C.C.C.C.C.C.C.C.C.C.C.C.C.C.C.C.C.C.C.C.C.C.C.C.C.C.C.C.C.C.C.C.C.C.C.C.C.C.C.C.C.C.C.C.C.C.C.CC.CC.CC.CC.CC.CC.CC.CC.CC.CC.CC.CCC.N.N.N.N.[HH].[HH]. The summed E-state index contributed by atoms with van der Waals surface area (Å²) in [6, 6.07) is 0. The largest absolute Gasteiger partial charge is 0.344 e. The van der Waals surface area contributed by atoms with Gasteiger partial charge in [-0.15, -0.1) is 0 Å². The summed E-state index contributed by atoms with van der Waals surface area (Å²) in [5.74, 6) is 0. The highest BCUT2D eigenvalue weighted by Crippen LogP contribution is 1.56. The topological polar surface area (TPSA) is 140 Å². The van der Waals surface area contributed by atoms with E-state index in [1.165, 1.54) is 6.42 Å². The van der Waals surface area contributed by atoms with E-state index >= 15 is 0 Å². The molecule has 0 aliphatic rings. The first-order valence-corrected chi connectivity index (χ1v) is 12.4. The van der Waals surface area contributed by atoms with Crippen LogP contribution in [0.5, 0.6) is 0 Å². The molecule has 666 valence electrons. The summed E-state index contributed by atoms with van der Waals surface area (Å²) >= 11 is 0. The summed E-state index contributed by atoms with van der Waals surface area (Å²) < 4.78 is 0. The average Bonchev–Trinajstić information content (AvgIpc) is 2.83. The van der Waals surface area contributed by atoms with Crippen LogP contribution in [0.4, 0.5) is 0 Å². The second kappa shape index (κ2) is 845000. The van der Waals surface area contributed by atoms with Crippen molar-refractivity contribution in [3.05, 3.63) is 0 Å². The fourth-order valence-corrected chi connectivity index (χ4v) is 0. The molecule has 0 heterocycles. The minimum absolute atomic E-state index is 0. The van der Waals surface area contributed by atoms with Gasteiger partial charge in [0.1, 0.15) is 0 Å². The predicted molar refractivity (Wildman–Crippen MR) is 549 cm³/mol. The lowest BCUT2D eigenvalue weighted by Crippen LogP contribution is -1.27. The van der Waals surface area contributed by atoms with E-state index < -0.39 is 0 Å². The summed E-state index contributed by atoms with van der Waals surface area (Å²) in [7, 11) is 0. The Kier molecular flexibility index (Phi) is 36800000. The smallest absolute Gasteiger partial charge is 0 e. The van der Waals surface area contributed by atoms with E-state index in [9.17, 15) is 0 Å². The second-order valence-electron chi connectivity index (χ2n) is 0.707. The Morgan fingerprint density at radius 3 is 0.0930 bits per heavy atom. The Labute approximate surface area is 620 Å². The normalized spacial score (nSPS) is 0.977. The highest BCUT2D eigenvalue weighted by Gasteiger charge is 1.35. The first-order chi connectivity index (χ1) is 12.4. The van der Waals surface area contributed by atoms with Crippen molar-refractivity contribution in [3.63, 3.8) is 0 Å². The fourth-order valence-electron chi connectivity index (χ4n) is 0. The molecule has 86 heavy (non-hydrogen) atoms. The maximum atomic E-state index is 2.12. The van der Waals surface area contributed by atoms with Crippen LogP contribution in [0.15, 0.2) is 0 Å². The maximum Gasteiger partial charge on any atom is 0 e. The molecule has 0 unspecified atom stereocenters. The molecule has 0 fully saturated rings. The third-order valence-electron chi connectivity index (χ3n) is 0. The van der Waals surface area contributed by atoms with Gasteiger partial charge in [-0.2, -0.15) is 0 Å². The third kappa shape index (κ3) is 22500000. The lowest BCUT2D eigenvalue weighted by atomic mass is 10.6. The number of hydrogen-bond donors (Lipinski definition) is 4. The first-order valence-electron chi connectivity index (χ1n) is 12.4. The molecule has 0 saturated carbocycles. The Bertz CT molecular complexity index is 37.1. The second-order valence-corrected chi connectivity index (χ2v) is 0.707. The molecule has 0 radical (unpaired) electrons. The molecule has 4 nitrogen and oxygen atoms in total. The quantitative estimate of drug-likeness (QED) is 0.192. The van der Waals surface area contributed by atoms with Gasteiger partial charge in [0.05, 0.1) is 0 Å². The molecule has 0 atom stereocenters. The molecule has 4 heteroatoms. The van der Waals surface area contributed by atoms with Gasteiger partial charge in [-0.25, -0.2) is 0 Å². The van der Waals surface area contributed by atoms with E-state index in [0.717, 1.165) is 0 Å². The zero-order chi connectivity index (χ0) is 24.7. The van der Waals surface area contributed by atoms with Crippen molar-refractivity contribution in [3.8, 4) is 0 Å². The predicted octanol–water partition coefficient (Wildman–Crippen LogP) is 50.1. The molecule has 0 bridgehead atoms. The highest BCUT2D eigenvalue weighted by molar-refractivity contribution is 3.92. The maximum absolute atomic E-state index is 2.12. The molecule has 12 N–H and O–H groups in total. The molecule has 0 aliphatic carbocycles. The Balaban J connectivity index is -0.000000000270. The molecule has 0 spiro atoms. The summed E-state index contributed by atoms with van der Waals surface area (Å²) in [6.07, 6.45) is 1.25. The summed E-state index contributed by atoms with van der Waals surface area (Å²) in [5, 5.41) is 0. The van der Waals surface area contributed by atoms with Crippen molar-refractivity contribution in [1.29, 1.82) is 0 Å². The average molecular weight is 1360 g/mol. The Hall–Kier alpha value is -0.160. The van der Waals surface area contributed by atoms with Gasteiger partial charge in [0, 0.05) is 2.85 Å². The molecule has 0 saturated heterocycles. The van der Waals surface area contributed by atoms with Crippen LogP contribution in [0.3, 0.4) is 0 Å². The first kappa shape index (κ1) is 3750. The summed E-state index contributed by atoms with van der Waals surface area (Å²) in [6.45, 7) is 48.2. The molecular formula is C82H318N4. The molecule has 0 aromatic rings. The molecule has 0 aromatic heterocycles. The minimum atomic E-state index is 0. The van der Waals surface area contributed by atoms with E-state index in [0.29, 0.717) is 0 Å². The van der Waals surface area contributed by atoms with E-state index in [-0.39, 0.29) is 451 Å². The van der Waals surface area contributed by atoms with E-state index in [4.69, 9.17) is 0 Å². The van der Waals surface area contributed by atoms with Gasteiger partial charge >= 0.3 is 0 Å². The van der Waals surface area contributed by atoms with Crippen LogP contribution in [-0.4, -0.2) is 0 Å². The van der Waals surface area contributed by atoms with Crippen molar-refractivity contribution in [2.45, 2.75) is 596 Å². The van der Waals surface area contributed by atoms with Crippen LogP contribution >= 0.6 is 0 Å². The molecular weight excluding hydrogens is 1040 g/mol. The van der Waals surface area contributed by atoms with Crippen molar-refractivity contribution in [2.75, 3.05) is 0 Å². The van der Waals surface area contributed by atoms with E-state index in [1.807, 2.05) is 152 Å². The number of rotatable bonds is 0. The molecule has 0 aliphatic heterocycles. The van der Waals surface area contributed by atoms with Gasteiger partial charge in [-0.05, 0) is 0 Å². The van der Waals surface area contributed by atoms with Crippen LogP contribution in [0.1, 0.15) is 599 Å². The van der Waals surface area contributed by atoms with Gasteiger partial charge in [0.15, 0.2) is 0 Å². The van der Waals surface area contributed by atoms with Gasteiger partial charge in [-0.3, -0.25) is 0 Å². The van der Waals surface area contributed by atoms with E-state index in [1.54, 1.807) is 0 Å². The van der Waals surface area contributed by atoms with Crippen LogP contribution in [0.25, 0.3) is 0 Å². The van der Waals surface area contributed by atoms with Gasteiger partial charge in [0.25, 0.3) is 0 Å². The van der Waals surface area contributed by atoms with Crippen LogP contribution in [0, 0.1) is 0 Å². The fraction of sp³-hybridized carbons (Fsp3) is 1.00. The third-order valence-corrected chi connectivity index (χ3v) is 0. The Morgan fingerprint density at radius 2 is 0.0930 bits per heavy atom. The van der Waals surface area contributed by atoms with Crippen molar-refractivity contribution < 1.29 is 2.85 Å². The van der Waals surface area contributed by atoms with E-state index in [2.05, 4.69) is 13.8 Å². The lowest BCUT2D eigenvalue weighted by Gasteiger charge is -1.48. The molecule has 0 amide bonds. The van der Waals surface area contributed by atoms with Gasteiger partial charge in [-0.1, -0.05) is 596 Å². The summed E-state index contributed by atoms with van der Waals surface area (Å²) in [5.41, 5.74) is 0. The van der Waals surface area contributed by atoms with Crippen LogP contribution < -0.4 is 24.6 Å². The standard InChI is InChI=1S/C3H8.11C2H6.57CH4.4H3N.2H2/c1-3-2;11*1-2;;;;;;;;;;;;;;;;;;;;;;;;;;;;;;;;;;;;;;;;;;;;;;;;;;;;;;;;;;;;;;;/h3H2,1-2H3;11*1-2H3;57*1H4;4*1H3;2*1H. The van der Waals surface area contributed by atoms with Crippen molar-refractivity contribution in [2.24, 2.45) is 0 Å². The zero-order valence-electron chi connectivity index (χ0n) is 27.5. The molecule has 0 aromatic carbocycles. The molecule has 0 rings (SSSR count). The minimum Gasteiger partial charge on any atom is -0.344 e. The zero-order valence-corrected chi connectivity index (χ0v) is 27.5. The van der Waals surface area contributed by atoms with Gasteiger partial charge < -0.3 is 24.6 Å². The van der Waals surface area contributed by atoms with Gasteiger partial charge in [0.2, 0.25) is 0 Å². The van der Waals surface area contributed by atoms with Crippen molar-refractivity contribution in [1.82, 2.24) is 24.6 Å². The lowest BCUT2D eigenvalue weighted by molar-refractivity contribution is 1.09. The van der Waals surface area contributed by atoms with Crippen LogP contribution in [0.2, 0.25) is 0 Å². The number of hydrogen-bond acceptors (Lipinski definition) is 4. The summed E-state index contributed by atoms with van der Waals surface area (Å²) in [4.78, 5) is 0. The van der Waals surface area contributed by atoms with Crippen molar-refractivity contribution >= 4 is 0 Å². The monoisotopic (exact) mass is 1360 g/mol. The van der Waals surface area contributed by atoms with Crippen LogP contribution in [-0.2, 0) is 0 Å². The highest BCUT2D eigenvalue weighted by atomic mass is 14.0.